The van der Waals surface area contributed by atoms with Crippen molar-refractivity contribution in [1.82, 2.24) is 25.6 Å². The molecule has 0 saturated carbocycles. The number of pyridine rings is 1. The Morgan fingerprint density at radius 3 is 2.43 bits per heavy atom. The van der Waals surface area contributed by atoms with Crippen molar-refractivity contribution < 1.29 is 4.79 Å². The molecular weight excluding hydrogens is 350 g/mol. The van der Waals surface area contributed by atoms with E-state index >= 15 is 0 Å². The smallest absolute Gasteiger partial charge is 0.320 e. The monoisotopic (exact) mass is 367 g/mol. The zero-order valence-electron chi connectivity index (χ0n) is 14.9. The van der Waals surface area contributed by atoms with Gasteiger partial charge in [-0.3, -0.25) is 4.98 Å². The van der Waals surface area contributed by atoms with Crippen LogP contribution in [0.3, 0.4) is 0 Å². The van der Waals surface area contributed by atoms with Gasteiger partial charge in [-0.1, -0.05) is 48.5 Å². The van der Waals surface area contributed by atoms with E-state index in [4.69, 9.17) is 4.98 Å². The Morgan fingerprint density at radius 1 is 0.857 bits per heavy atom. The molecule has 0 spiro atoms. The lowest BCUT2D eigenvalue weighted by Crippen LogP contribution is -2.43. The number of carbonyl (C=O) groups is 1. The zero-order valence-corrected chi connectivity index (χ0v) is 14.9. The first-order valence-electron chi connectivity index (χ1n) is 9.03. The Bertz CT molecular complexity index is 1150. The van der Waals surface area contributed by atoms with Crippen LogP contribution in [0.4, 0.5) is 4.79 Å². The SMILES string of the molecule is O=C1NC(c2ccccc2)=C(c2nc3ccccc3[nH]2)[C@@H](c2ccccn2)N1. The number of nitrogens with zero attached hydrogens (tertiary/aromatic N) is 2. The maximum atomic E-state index is 12.5. The molecule has 0 fully saturated rings. The lowest BCUT2D eigenvalue weighted by atomic mass is 9.95. The van der Waals surface area contributed by atoms with Crippen LogP contribution in [0.15, 0.2) is 79.0 Å². The van der Waals surface area contributed by atoms with Crippen LogP contribution >= 0.6 is 0 Å². The van der Waals surface area contributed by atoms with Crippen LogP contribution in [0, 0.1) is 0 Å². The minimum absolute atomic E-state index is 0.269. The lowest BCUT2D eigenvalue weighted by Gasteiger charge is -2.29. The molecule has 2 amide bonds. The van der Waals surface area contributed by atoms with Gasteiger partial charge in [0.1, 0.15) is 11.9 Å². The first-order valence-corrected chi connectivity index (χ1v) is 9.03. The Morgan fingerprint density at radius 2 is 1.64 bits per heavy atom. The first-order chi connectivity index (χ1) is 13.8. The molecule has 28 heavy (non-hydrogen) atoms. The summed E-state index contributed by atoms with van der Waals surface area (Å²) in [5.74, 6) is 0.697. The number of imidazole rings is 1. The van der Waals surface area contributed by atoms with E-state index in [0.29, 0.717) is 5.82 Å². The molecule has 0 unspecified atom stereocenters. The molecule has 1 atom stereocenters. The van der Waals surface area contributed by atoms with E-state index in [1.165, 1.54) is 0 Å². The van der Waals surface area contributed by atoms with E-state index in [0.717, 1.165) is 33.6 Å². The van der Waals surface area contributed by atoms with Gasteiger partial charge in [-0.25, -0.2) is 9.78 Å². The predicted octanol–water partition coefficient (Wildman–Crippen LogP) is 3.88. The second-order valence-corrected chi connectivity index (χ2v) is 6.54. The molecule has 3 heterocycles. The van der Waals surface area contributed by atoms with E-state index < -0.39 is 6.04 Å². The highest BCUT2D eigenvalue weighted by Crippen LogP contribution is 2.36. The van der Waals surface area contributed by atoms with Crippen LogP contribution in [0.5, 0.6) is 0 Å². The summed E-state index contributed by atoms with van der Waals surface area (Å²) in [5, 5.41) is 5.96. The highest BCUT2D eigenvalue weighted by atomic mass is 16.2. The summed E-state index contributed by atoms with van der Waals surface area (Å²) < 4.78 is 0. The van der Waals surface area contributed by atoms with Gasteiger partial charge in [0.15, 0.2) is 0 Å². The molecule has 2 aromatic heterocycles. The van der Waals surface area contributed by atoms with E-state index in [-0.39, 0.29) is 6.03 Å². The third-order valence-electron chi connectivity index (χ3n) is 4.76. The molecule has 6 heteroatoms. The molecule has 3 N–H and O–H groups in total. The number of hydrogen-bond acceptors (Lipinski definition) is 3. The number of aromatic amines is 1. The van der Waals surface area contributed by atoms with Gasteiger partial charge >= 0.3 is 6.03 Å². The van der Waals surface area contributed by atoms with Gasteiger partial charge in [0.25, 0.3) is 0 Å². The van der Waals surface area contributed by atoms with Gasteiger partial charge < -0.3 is 15.6 Å². The van der Waals surface area contributed by atoms with Crippen molar-refractivity contribution in [2.24, 2.45) is 0 Å². The standard InChI is InChI=1S/C22H17N5O/c28-22-26-19(14-8-2-1-3-9-14)18(20(27-22)17-12-6-7-13-23-17)21-24-15-10-4-5-11-16(15)25-21/h1-13,20H,(H,24,25)(H2,26,27,28)/t20-/m1/s1. The first kappa shape index (κ1) is 16.3. The van der Waals surface area contributed by atoms with Crippen LogP contribution in [0.2, 0.25) is 0 Å². The number of carbonyl (C=O) groups excluding carboxylic acids is 1. The molecule has 0 radical (unpaired) electrons. The van der Waals surface area contributed by atoms with Crippen molar-refractivity contribution in [3.63, 3.8) is 0 Å². The summed E-state index contributed by atoms with van der Waals surface area (Å²) in [5.41, 5.74) is 5.04. The van der Waals surface area contributed by atoms with Gasteiger partial charge in [0, 0.05) is 11.8 Å². The number of amides is 2. The number of aromatic nitrogens is 3. The molecule has 5 rings (SSSR count). The molecule has 2 aromatic carbocycles. The Kier molecular flexibility index (Phi) is 3.87. The molecule has 0 aliphatic carbocycles. The lowest BCUT2D eigenvalue weighted by molar-refractivity contribution is 0.242. The Labute approximate surface area is 161 Å². The van der Waals surface area contributed by atoms with Gasteiger partial charge in [0.2, 0.25) is 0 Å². The van der Waals surface area contributed by atoms with E-state index in [1.807, 2.05) is 72.8 Å². The average Bonchev–Trinajstić information content (AvgIpc) is 3.18. The van der Waals surface area contributed by atoms with Crippen LogP contribution in [0.1, 0.15) is 23.1 Å². The third kappa shape index (κ3) is 2.81. The Hall–Kier alpha value is -3.93. The van der Waals surface area contributed by atoms with Crippen molar-refractivity contribution in [2.75, 3.05) is 0 Å². The van der Waals surface area contributed by atoms with E-state index in [2.05, 4.69) is 20.6 Å². The normalized spacial score (nSPS) is 16.7. The fourth-order valence-electron chi connectivity index (χ4n) is 3.50. The van der Waals surface area contributed by atoms with Crippen LogP contribution < -0.4 is 10.6 Å². The summed E-state index contributed by atoms with van der Waals surface area (Å²) in [4.78, 5) is 25.1. The number of H-pyrrole nitrogens is 1. The summed E-state index contributed by atoms with van der Waals surface area (Å²) in [6, 6.07) is 22.6. The van der Waals surface area contributed by atoms with E-state index in [9.17, 15) is 4.79 Å². The van der Waals surface area contributed by atoms with Gasteiger partial charge in [0.05, 0.1) is 22.4 Å². The van der Waals surface area contributed by atoms with Crippen molar-refractivity contribution in [1.29, 1.82) is 0 Å². The third-order valence-corrected chi connectivity index (χ3v) is 4.76. The maximum absolute atomic E-state index is 12.5. The van der Waals surface area contributed by atoms with Crippen molar-refractivity contribution >= 4 is 28.3 Å². The number of hydrogen-bond donors (Lipinski definition) is 3. The second-order valence-electron chi connectivity index (χ2n) is 6.54. The molecule has 0 bridgehead atoms. The number of nitrogens with one attached hydrogen (secondary N) is 3. The predicted molar refractivity (Wildman–Crippen MR) is 108 cm³/mol. The topological polar surface area (TPSA) is 82.7 Å². The van der Waals surface area contributed by atoms with Crippen LogP contribution in [-0.4, -0.2) is 21.0 Å². The highest BCUT2D eigenvalue weighted by molar-refractivity contribution is 6.02. The number of fused-ring (bicyclic) bond motifs is 1. The number of benzene rings is 2. The summed E-state index contributed by atoms with van der Waals surface area (Å²) >= 11 is 0. The Balaban J connectivity index is 1.78. The quantitative estimate of drug-likeness (QED) is 0.514. The number of para-hydroxylation sites is 2. The molecule has 0 saturated heterocycles. The van der Waals surface area contributed by atoms with Gasteiger partial charge in [-0.05, 0) is 29.8 Å². The summed E-state index contributed by atoms with van der Waals surface area (Å²) in [6.45, 7) is 0. The number of urea groups is 1. The number of rotatable bonds is 3. The minimum atomic E-state index is -0.425. The summed E-state index contributed by atoms with van der Waals surface area (Å²) in [7, 11) is 0. The fraction of sp³-hybridized carbons (Fsp3) is 0.0455. The van der Waals surface area contributed by atoms with Crippen molar-refractivity contribution in [2.45, 2.75) is 6.04 Å². The van der Waals surface area contributed by atoms with Crippen LogP contribution in [0.25, 0.3) is 22.3 Å². The molecule has 1 aliphatic rings. The molecular formula is C22H17N5O. The molecule has 4 aromatic rings. The molecule has 6 nitrogen and oxygen atoms in total. The van der Waals surface area contributed by atoms with E-state index in [1.54, 1.807) is 6.20 Å². The van der Waals surface area contributed by atoms with Gasteiger partial charge in [-0.15, -0.1) is 0 Å². The minimum Gasteiger partial charge on any atom is -0.338 e. The van der Waals surface area contributed by atoms with Crippen molar-refractivity contribution in [3.8, 4) is 0 Å². The zero-order chi connectivity index (χ0) is 18.9. The maximum Gasteiger partial charge on any atom is 0.320 e. The second kappa shape index (κ2) is 6.66. The van der Waals surface area contributed by atoms with Crippen LogP contribution in [-0.2, 0) is 0 Å². The van der Waals surface area contributed by atoms with Gasteiger partial charge in [-0.2, -0.15) is 0 Å². The molecule has 1 aliphatic heterocycles. The largest absolute Gasteiger partial charge is 0.338 e. The molecule has 136 valence electrons. The van der Waals surface area contributed by atoms with Crippen molar-refractivity contribution in [3.05, 3.63) is 96.1 Å². The summed E-state index contributed by atoms with van der Waals surface area (Å²) in [6.07, 6.45) is 1.72. The average molecular weight is 367 g/mol. The highest BCUT2D eigenvalue weighted by Gasteiger charge is 2.32. The fourth-order valence-corrected chi connectivity index (χ4v) is 3.50.